The molecule has 1 aliphatic heterocycles. The van der Waals surface area contributed by atoms with Crippen LogP contribution in [0.15, 0.2) is 23.3 Å². The Labute approximate surface area is 138 Å². The molecule has 0 saturated heterocycles. The zero-order valence-electron chi connectivity index (χ0n) is 13.8. The van der Waals surface area contributed by atoms with Gasteiger partial charge in [-0.05, 0) is 13.0 Å². The average Bonchev–Trinajstić information content (AvgIpc) is 2.57. The molecule has 1 heterocycles. The highest BCUT2D eigenvalue weighted by Gasteiger charge is 2.46. The van der Waals surface area contributed by atoms with Gasteiger partial charge in [0.2, 0.25) is 0 Å². The molecule has 128 valence electrons. The van der Waals surface area contributed by atoms with Gasteiger partial charge in [-0.1, -0.05) is 0 Å². The fraction of sp³-hybridized carbons (Fsp3) is 0.412. The van der Waals surface area contributed by atoms with E-state index >= 15 is 0 Å². The molecule has 7 nitrogen and oxygen atoms in total. The van der Waals surface area contributed by atoms with Crippen LogP contribution in [-0.2, 0) is 9.47 Å². The Balaban J connectivity index is 2.21. The van der Waals surface area contributed by atoms with E-state index in [1.54, 1.807) is 6.92 Å². The largest absolute Gasteiger partial charge is 0.497 e. The van der Waals surface area contributed by atoms with E-state index < -0.39 is 17.9 Å². The first-order chi connectivity index (χ1) is 11.3. The Morgan fingerprint density at radius 2 is 1.88 bits per heavy atom. The van der Waals surface area contributed by atoms with Gasteiger partial charge in [0, 0.05) is 30.7 Å². The highest BCUT2D eigenvalue weighted by Crippen LogP contribution is 2.42. The summed E-state index contributed by atoms with van der Waals surface area (Å²) >= 11 is 0. The van der Waals surface area contributed by atoms with Gasteiger partial charge >= 0.3 is 0 Å². The molecule has 1 N–H and O–H groups in total. The lowest BCUT2D eigenvalue weighted by atomic mass is 9.79. The number of aliphatic hydroxyl groups excluding tert-OH is 1. The number of hydrogen-bond acceptors (Lipinski definition) is 7. The van der Waals surface area contributed by atoms with Crippen molar-refractivity contribution in [3.8, 4) is 11.5 Å². The molecule has 7 heteroatoms. The SMILES string of the molecule is COc1cc(OC)c2c(c1)C(=O)C1=C(C2=O)C(O)OC(C)(OC)C1. The number of fused-ring (bicyclic) bond motifs is 1. The summed E-state index contributed by atoms with van der Waals surface area (Å²) in [6, 6.07) is 3.01. The summed E-state index contributed by atoms with van der Waals surface area (Å²) in [6.07, 6.45) is -1.49. The van der Waals surface area contributed by atoms with Crippen molar-refractivity contribution in [3.05, 3.63) is 34.4 Å². The lowest BCUT2D eigenvalue weighted by molar-refractivity contribution is -0.274. The second-order valence-corrected chi connectivity index (χ2v) is 5.79. The number of carbonyl (C=O) groups is 2. The van der Waals surface area contributed by atoms with Crippen molar-refractivity contribution >= 4 is 11.6 Å². The highest BCUT2D eigenvalue weighted by molar-refractivity contribution is 6.28. The Bertz CT molecular complexity index is 764. The molecule has 0 amide bonds. The fourth-order valence-corrected chi connectivity index (χ4v) is 3.05. The molecule has 2 atom stereocenters. The molecule has 1 aromatic rings. The zero-order valence-corrected chi connectivity index (χ0v) is 13.8. The molecule has 24 heavy (non-hydrogen) atoms. The van der Waals surface area contributed by atoms with Crippen LogP contribution in [0.1, 0.15) is 34.1 Å². The fourth-order valence-electron chi connectivity index (χ4n) is 3.05. The van der Waals surface area contributed by atoms with Gasteiger partial charge in [-0.15, -0.1) is 0 Å². The second kappa shape index (κ2) is 5.70. The predicted octanol–water partition coefficient (Wildman–Crippen LogP) is 1.48. The number of ketones is 2. The van der Waals surface area contributed by atoms with E-state index in [2.05, 4.69) is 0 Å². The molecule has 0 bridgehead atoms. The minimum Gasteiger partial charge on any atom is -0.497 e. The van der Waals surface area contributed by atoms with Crippen LogP contribution in [0.2, 0.25) is 0 Å². The van der Waals surface area contributed by atoms with Crippen molar-refractivity contribution in [1.29, 1.82) is 0 Å². The Kier molecular flexibility index (Phi) is 3.95. The van der Waals surface area contributed by atoms with E-state index in [0.717, 1.165) is 0 Å². The lowest BCUT2D eigenvalue weighted by Gasteiger charge is -2.38. The van der Waals surface area contributed by atoms with E-state index in [0.29, 0.717) is 5.75 Å². The summed E-state index contributed by atoms with van der Waals surface area (Å²) in [5.74, 6) is -1.44. The second-order valence-electron chi connectivity index (χ2n) is 5.79. The molecule has 0 saturated carbocycles. The third-order valence-corrected chi connectivity index (χ3v) is 4.38. The van der Waals surface area contributed by atoms with E-state index in [1.165, 1.54) is 33.5 Å². The number of aliphatic hydroxyl groups is 1. The van der Waals surface area contributed by atoms with Crippen LogP contribution in [-0.4, -0.2) is 50.1 Å². The van der Waals surface area contributed by atoms with Crippen LogP contribution >= 0.6 is 0 Å². The minimum atomic E-state index is -1.55. The molecule has 2 aliphatic rings. The van der Waals surface area contributed by atoms with Crippen molar-refractivity contribution in [2.75, 3.05) is 21.3 Å². The first-order valence-corrected chi connectivity index (χ1v) is 7.34. The molecular weight excluding hydrogens is 316 g/mol. The quantitative estimate of drug-likeness (QED) is 0.895. The van der Waals surface area contributed by atoms with Crippen molar-refractivity contribution in [2.24, 2.45) is 0 Å². The van der Waals surface area contributed by atoms with E-state index in [9.17, 15) is 14.7 Å². The van der Waals surface area contributed by atoms with Crippen LogP contribution in [0.25, 0.3) is 0 Å². The van der Waals surface area contributed by atoms with Gasteiger partial charge in [0.15, 0.2) is 23.6 Å². The monoisotopic (exact) mass is 334 g/mol. The maximum atomic E-state index is 12.9. The van der Waals surface area contributed by atoms with Gasteiger partial charge in [0.05, 0.1) is 25.4 Å². The summed E-state index contributed by atoms with van der Waals surface area (Å²) in [6.45, 7) is 1.60. The summed E-state index contributed by atoms with van der Waals surface area (Å²) in [5.41, 5.74) is 0.407. The molecule has 0 aromatic heterocycles. The Hall–Kier alpha value is -2.22. The van der Waals surface area contributed by atoms with Crippen LogP contribution < -0.4 is 9.47 Å². The maximum absolute atomic E-state index is 12.9. The number of rotatable bonds is 3. The maximum Gasteiger partial charge on any atom is 0.199 e. The van der Waals surface area contributed by atoms with Gasteiger partial charge < -0.3 is 24.1 Å². The third-order valence-electron chi connectivity index (χ3n) is 4.38. The van der Waals surface area contributed by atoms with Crippen LogP contribution in [0.5, 0.6) is 11.5 Å². The summed E-state index contributed by atoms with van der Waals surface area (Å²) in [4.78, 5) is 25.8. The zero-order chi connectivity index (χ0) is 17.6. The first kappa shape index (κ1) is 16.6. The van der Waals surface area contributed by atoms with Gasteiger partial charge in [0.25, 0.3) is 0 Å². The van der Waals surface area contributed by atoms with Crippen molar-refractivity contribution in [1.82, 2.24) is 0 Å². The average molecular weight is 334 g/mol. The smallest absolute Gasteiger partial charge is 0.199 e. The van der Waals surface area contributed by atoms with Gasteiger partial charge in [-0.3, -0.25) is 9.59 Å². The van der Waals surface area contributed by atoms with Crippen molar-refractivity contribution in [2.45, 2.75) is 25.4 Å². The van der Waals surface area contributed by atoms with Crippen LogP contribution in [0, 0.1) is 0 Å². The summed E-state index contributed by atoms with van der Waals surface area (Å²) in [5, 5.41) is 10.3. The molecule has 0 radical (unpaired) electrons. The van der Waals surface area contributed by atoms with Gasteiger partial charge in [-0.2, -0.15) is 0 Å². The van der Waals surface area contributed by atoms with Crippen molar-refractivity contribution in [3.63, 3.8) is 0 Å². The van der Waals surface area contributed by atoms with E-state index in [1.807, 2.05) is 0 Å². The third kappa shape index (κ3) is 2.32. The van der Waals surface area contributed by atoms with Crippen molar-refractivity contribution < 1.29 is 33.6 Å². The Morgan fingerprint density at radius 1 is 1.17 bits per heavy atom. The summed E-state index contributed by atoms with van der Waals surface area (Å²) in [7, 11) is 4.26. The molecular formula is C17H18O7. The first-order valence-electron chi connectivity index (χ1n) is 7.34. The van der Waals surface area contributed by atoms with E-state index in [-0.39, 0.29) is 40.2 Å². The molecule has 0 spiro atoms. The molecule has 0 fully saturated rings. The standard InChI is InChI=1S/C17H18O7/c1-17(23-4)7-10-13(16(20)24-17)15(19)12-9(14(10)18)5-8(21-2)6-11(12)22-3/h5-6,16,20H,7H2,1-4H3. The number of carbonyl (C=O) groups excluding carboxylic acids is 2. The Morgan fingerprint density at radius 3 is 2.46 bits per heavy atom. The normalized spacial score (nSPS) is 26.1. The number of ether oxygens (including phenoxy) is 4. The lowest BCUT2D eigenvalue weighted by Crippen LogP contribution is -2.45. The predicted molar refractivity (Wildman–Crippen MR) is 82.4 cm³/mol. The van der Waals surface area contributed by atoms with Crippen LogP contribution in [0.4, 0.5) is 0 Å². The van der Waals surface area contributed by atoms with Crippen LogP contribution in [0.3, 0.4) is 0 Å². The topological polar surface area (TPSA) is 91.3 Å². The number of benzene rings is 1. The summed E-state index contributed by atoms with van der Waals surface area (Å²) < 4.78 is 21.0. The molecule has 2 unspecified atom stereocenters. The number of methoxy groups -OCH3 is 3. The molecule has 3 rings (SSSR count). The van der Waals surface area contributed by atoms with Gasteiger partial charge in [-0.25, -0.2) is 0 Å². The minimum absolute atomic E-state index is 0.0550. The van der Waals surface area contributed by atoms with E-state index in [4.69, 9.17) is 18.9 Å². The number of hydrogen-bond donors (Lipinski definition) is 1. The molecule has 1 aromatic carbocycles. The van der Waals surface area contributed by atoms with Gasteiger partial charge in [0.1, 0.15) is 11.5 Å². The highest BCUT2D eigenvalue weighted by atomic mass is 16.7. The number of Topliss-reactive ketones (excluding diaryl/α,β-unsaturated/α-hetero) is 2. The molecule has 1 aliphatic carbocycles.